The molecule has 3 unspecified atom stereocenters. The molecule has 3 heterocycles. The minimum atomic E-state index is -0.994. The molecule has 1 aliphatic rings. The van der Waals surface area contributed by atoms with Crippen molar-refractivity contribution in [2.24, 2.45) is 0 Å². The second kappa shape index (κ2) is 11.4. The second-order valence-corrected chi connectivity index (χ2v) is 13.4. The summed E-state index contributed by atoms with van der Waals surface area (Å²) in [6, 6.07) is 6.32. The van der Waals surface area contributed by atoms with Crippen LogP contribution in [0.25, 0.3) is 5.65 Å². The number of carbonyl (C=O) groups is 1. The zero-order valence-electron chi connectivity index (χ0n) is 25.9. The smallest absolute Gasteiger partial charge is 0.266 e. The van der Waals surface area contributed by atoms with Gasteiger partial charge in [0.2, 0.25) is 5.60 Å². The highest BCUT2D eigenvalue weighted by Gasteiger charge is 2.60. The molecule has 1 amide bonds. The number of aromatic nitrogens is 4. The molecule has 0 saturated carbocycles. The largest absolute Gasteiger partial charge is 0.475 e. The number of carbonyl (C=O) groups excluding carboxylic acids is 1. The summed E-state index contributed by atoms with van der Waals surface area (Å²) in [7, 11) is 0. The highest BCUT2D eigenvalue weighted by Crippen LogP contribution is 2.44. The molecular weight excluding hydrogens is 522 g/mol. The van der Waals surface area contributed by atoms with Crippen LogP contribution in [0, 0.1) is 6.92 Å². The van der Waals surface area contributed by atoms with Gasteiger partial charge in [0, 0.05) is 11.5 Å². The maximum Gasteiger partial charge on any atom is 0.266 e. The van der Waals surface area contributed by atoms with Gasteiger partial charge >= 0.3 is 0 Å². The van der Waals surface area contributed by atoms with Gasteiger partial charge in [-0.1, -0.05) is 98.4 Å². The number of halogens is 1. The van der Waals surface area contributed by atoms with E-state index in [4.69, 9.17) is 21.3 Å². The zero-order chi connectivity index (χ0) is 29.5. The quantitative estimate of drug-likeness (QED) is 0.162. The minimum Gasteiger partial charge on any atom is -0.475 e. The standard InChI is InChI=1S/C32H48ClN5O2/c1-10-13-14-15-18-32(40-24-17-16-22(30(6,7)11-2)19-23(24)31(8,9)12-3)26(34-29(32)39)20(4)27-35-28-25(33)21(5)36-38(28)37-27/h16-17,19-20,26,36H,10-15,18H2,1-9H3,(H,34,39). The molecule has 4 rings (SSSR count). The van der Waals surface area contributed by atoms with Crippen LogP contribution in [0.3, 0.4) is 0 Å². The number of benzene rings is 1. The number of H-pyrrole nitrogens is 1. The maximum atomic E-state index is 13.6. The van der Waals surface area contributed by atoms with Crippen molar-refractivity contribution < 1.29 is 9.53 Å². The van der Waals surface area contributed by atoms with Crippen molar-refractivity contribution >= 4 is 23.2 Å². The van der Waals surface area contributed by atoms with Gasteiger partial charge < -0.3 is 10.1 Å². The molecule has 1 saturated heterocycles. The molecule has 2 aromatic heterocycles. The van der Waals surface area contributed by atoms with Crippen molar-refractivity contribution in [1.82, 2.24) is 25.1 Å². The van der Waals surface area contributed by atoms with Crippen molar-refractivity contribution in [2.45, 2.75) is 136 Å². The van der Waals surface area contributed by atoms with Gasteiger partial charge in [0.05, 0.1) is 11.7 Å². The van der Waals surface area contributed by atoms with Crippen molar-refractivity contribution in [2.75, 3.05) is 0 Å². The molecule has 7 nitrogen and oxygen atoms in total. The van der Waals surface area contributed by atoms with E-state index in [0.717, 1.165) is 55.5 Å². The van der Waals surface area contributed by atoms with E-state index in [1.807, 2.05) is 6.92 Å². The van der Waals surface area contributed by atoms with Gasteiger partial charge in [-0.3, -0.25) is 9.89 Å². The van der Waals surface area contributed by atoms with Crippen molar-refractivity contribution in [3.63, 3.8) is 0 Å². The van der Waals surface area contributed by atoms with Crippen molar-refractivity contribution in [1.29, 1.82) is 0 Å². The number of nitrogens with zero attached hydrogens (tertiary/aromatic N) is 3. The Morgan fingerprint density at radius 2 is 1.80 bits per heavy atom. The summed E-state index contributed by atoms with van der Waals surface area (Å²) in [4.78, 5) is 18.3. The van der Waals surface area contributed by atoms with E-state index in [1.54, 1.807) is 4.63 Å². The fourth-order valence-electron chi connectivity index (χ4n) is 5.64. The number of fused-ring (bicyclic) bond motifs is 1. The first kappa shape index (κ1) is 30.4. The Morgan fingerprint density at radius 1 is 1.10 bits per heavy atom. The van der Waals surface area contributed by atoms with Crippen LogP contribution in [0.4, 0.5) is 0 Å². The SMILES string of the molecule is CCCCCCC1(Oc2ccc(C(C)(C)CC)cc2C(C)(C)CC)C(=O)NC1C(C)c1nc2c(Cl)c(C)[nH]n2n1. The highest BCUT2D eigenvalue weighted by atomic mass is 35.5. The van der Waals surface area contributed by atoms with Crippen LogP contribution >= 0.6 is 11.6 Å². The fraction of sp³-hybridized carbons (Fsp3) is 0.656. The molecule has 1 aliphatic heterocycles. The lowest BCUT2D eigenvalue weighted by atomic mass is 9.73. The molecule has 2 N–H and O–H groups in total. The van der Waals surface area contributed by atoms with Gasteiger partial charge in [-0.15, -0.1) is 5.10 Å². The van der Waals surface area contributed by atoms with Crippen molar-refractivity contribution in [3.05, 3.63) is 45.9 Å². The van der Waals surface area contributed by atoms with Gasteiger partial charge in [0.15, 0.2) is 11.5 Å². The number of ether oxygens (including phenoxy) is 1. The lowest BCUT2D eigenvalue weighted by Gasteiger charge is -2.50. The van der Waals surface area contributed by atoms with Crippen LogP contribution in [0.5, 0.6) is 5.75 Å². The number of hydrogen-bond donors (Lipinski definition) is 2. The lowest BCUT2D eigenvalue weighted by Crippen LogP contribution is -2.76. The van der Waals surface area contributed by atoms with Crippen LogP contribution < -0.4 is 10.1 Å². The monoisotopic (exact) mass is 569 g/mol. The first-order chi connectivity index (χ1) is 18.8. The summed E-state index contributed by atoms with van der Waals surface area (Å²) in [5.41, 5.74) is 2.82. The van der Waals surface area contributed by atoms with Gasteiger partial charge in [0.1, 0.15) is 10.8 Å². The van der Waals surface area contributed by atoms with Gasteiger partial charge in [-0.05, 0) is 55.1 Å². The van der Waals surface area contributed by atoms with Crippen LogP contribution in [-0.4, -0.2) is 37.4 Å². The number of β-lactam (4-membered cyclic amide) rings is 1. The van der Waals surface area contributed by atoms with E-state index in [1.165, 1.54) is 5.56 Å². The average molecular weight is 570 g/mol. The summed E-state index contributed by atoms with van der Waals surface area (Å²) >= 11 is 6.45. The Morgan fingerprint density at radius 3 is 2.40 bits per heavy atom. The first-order valence-corrected chi connectivity index (χ1v) is 15.4. The predicted molar refractivity (Wildman–Crippen MR) is 163 cm³/mol. The van der Waals surface area contributed by atoms with E-state index in [2.05, 4.69) is 89.1 Å². The molecular formula is C32H48ClN5O2. The number of nitrogens with one attached hydrogen (secondary N) is 2. The molecule has 8 heteroatoms. The second-order valence-electron chi connectivity index (χ2n) is 13.0. The van der Waals surface area contributed by atoms with Gasteiger partial charge in [0.25, 0.3) is 5.91 Å². The Hall–Kier alpha value is -2.54. The molecule has 0 radical (unpaired) electrons. The predicted octanol–water partition coefficient (Wildman–Crippen LogP) is 7.78. The lowest BCUT2D eigenvalue weighted by molar-refractivity contribution is -0.159. The summed E-state index contributed by atoms with van der Waals surface area (Å²) in [5.74, 6) is 1.20. The Balaban J connectivity index is 1.75. The molecule has 1 fully saturated rings. The van der Waals surface area contributed by atoms with Crippen LogP contribution in [0.1, 0.15) is 129 Å². The van der Waals surface area contributed by atoms with Crippen molar-refractivity contribution in [3.8, 4) is 5.75 Å². The molecule has 0 aliphatic carbocycles. The molecule has 0 bridgehead atoms. The Labute approximate surface area is 244 Å². The molecule has 220 valence electrons. The molecule has 3 aromatic rings. The number of hydrogen-bond acceptors (Lipinski definition) is 4. The molecule has 0 spiro atoms. The topological polar surface area (TPSA) is 84.3 Å². The summed E-state index contributed by atoms with van der Waals surface area (Å²) in [6.07, 6.45) is 6.89. The van der Waals surface area contributed by atoms with Gasteiger partial charge in [-0.25, -0.2) is 4.98 Å². The van der Waals surface area contributed by atoms with Crippen LogP contribution in [-0.2, 0) is 15.6 Å². The third-order valence-corrected chi connectivity index (χ3v) is 9.91. The normalized spacial score (nSPS) is 20.4. The molecule has 1 aromatic carbocycles. The van der Waals surface area contributed by atoms with E-state index in [0.29, 0.717) is 22.9 Å². The van der Waals surface area contributed by atoms with Gasteiger partial charge in [-0.2, -0.15) is 4.63 Å². The number of aryl methyl sites for hydroxylation is 1. The van der Waals surface area contributed by atoms with E-state index >= 15 is 0 Å². The summed E-state index contributed by atoms with van der Waals surface area (Å²) in [5, 5.41) is 11.6. The van der Waals surface area contributed by atoms with Crippen LogP contribution in [0.15, 0.2) is 18.2 Å². The Bertz CT molecular complexity index is 1360. The third-order valence-electron chi connectivity index (χ3n) is 9.46. The Kier molecular flexibility index (Phi) is 8.66. The average Bonchev–Trinajstić information content (AvgIpc) is 3.46. The van der Waals surface area contributed by atoms with E-state index < -0.39 is 5.60 Å². The molecule has 40 heavy (non-hydrogen) atoms. The number of unbranched alkanes of at least 4 members (excludes halogenated alkanes) is 3. The number of rotatable bonds is 13. The van der Waals surface area contributed by atoms with Crippen LogP contribution in [0.2, 0.25) is 5.02 Å². The summed E-state index contributed by atoms with van der Waals surface area (Å²) in [6.45, 7) is 19.7. The number of amides is 1. The summed E-state index contributed by atoms with van der Waals surface area (Å²) < 4.78 is 8.61. The minimum absolute atomic E-state index is 0.0507. The number of aromatic amines is 1. The van der Waals surface area contributed by atoms with E-state index in [-0.39, 0.29) is 28.7 Å². The molecule has 3 atom stereocenters. The van der Waals surface area contributed by atoms with E-state index in [9.17, 15) is 4.79 Å². The highest BCUT2D eigenvalue weighted by molar-refractivity contribution is 6.34. The first-order valence-electron chi connectivity index (χ1n) is 15.1. The third kappa shape index (κ3) is 5.38. The fourth-order valence-corrected chi connectivity index (χ4v) is 5.81. The zero-order valence-corrected chi connectivity index (χ0v) is 26.6. The maximum absolute atomic E-state index is 13.6.